The van der Waals surface area contributed by atoms with Crippen LogP contribution in [0.5, 0.6) is 0 Å². The summed E-state index contributed by atoms with van der Waals surface area (Å²) in [4.78, 5) is 10.3. The molecule has 64 valence electrons. The number of aliphatic hydroxyl groups is 1. The lowest BCUT2D eigenvalue weighted by Gasteiger charge is -2.20. The van der Waals surface area contributed by atoms with Gasteiger partial charge in [0.1, 0.15) is 0 Å². The second kappa shape index (κ2) is 3.32. The standard InChI is InChI=1S/C6H12N2O2S/c7-5(9)8-3-6(10)1-2-11-4-6/h10H,1-4H2,(H3,7,8,9). The highest BCUT2D eigenvalue weighted by Gasteiger charge is 2.31. The lowest BCUT2D eigenvalue weighted by Crippen LogP contribution is -2.44. The van der Waals surface area contributed by atoms with Gasteiger partial charge in [-0.15, -0.1) is 0 Å². The first-order chi connectivity index (χ1) is 5.12. The summed E-state index contributed by atoms with van der Waals surface area (Å²) in [7, 11) is 0. The van der Waals surface area contributed by atoms with E-state index in [0.717, 1.165) is 12.2 Å². The average Bonchev–Trinajstić information content (AvgIpc) is 2.33. The van der Waals surface area contributed by atoms with E-state index in [1.807, 2.05) is 0 Å². The molecule has 0 bridgehead atoms. The molecule has 0 aromatic heterocycles. The topological polar surface area (TPSA) is 75.4 Å². The fourth-order valence-corrected chi connectivity index (χ4v) is 2.28. The van der Waals surface area contributed by atoms with Crippen molar-refractivity contribution in [1.82, 2.24) is 5.32 Å². The number of carbonyl (C=O) groups excluding carboxylic acids is 1. The average molecular weight is 176 g/mol. The van der Waals surface area contributed by atoms with Crippen molar-refractivity contribution < 1.29 is 9.90 Å². The number of urea groups is 1. The van der Waals surface area contributed by atoms with Gasteiger partial charge in [-0.25, -0.2) is 4.79 Å². The van der Waals surface area contributed by atoms with Crippen molar-refractivity contribution in [1.29, 1.82) is 0 Å². The Labute approximate surface area is 69.5 Å². The maximum Gasteiger partial charge on any atom is 0.312 e. The van der Waals surface area contributed by atoms with Crippen molar-refractivity contribution in [2.45, 2.75) is 12.0 Å². The van der Waals surface area contributed by atoms with Crippen LogP contribution < -0.4 is 11.1 Å². The van der Waals surface area contributed by atoms with Gasteiger partial charge >= 0.3 is 6.03 Å². The maximum absolute atomic E-state index is 10.3. The zero-order valence-corrected chi connectivity index (χ0v) is 6.99. The van der Waals surface area contributed by atoms with Gasteiger partial charge < -0.3 is 16.2 Å². The van der Waals surface area contributed by atoms with Gasteiger partial charge in [0.25, 0.3) is 0 Å². The van der Waals surface area contributed by atoms with E-state index >= 15 is 0 Å². The van der Waals surface area contributed by atoms with Crippen LogP contribution in [0.15, 0.2) is 0 Å². The predicted molar refractivity (Wildman–Crippen MR) is 44.5 cm³/mol. The summed E-state index contributed by atoms with van der Waals surface area (Å²) in [6.45, 7) is 0.273. The van der Waals surface area contributed by atoms with Crippen molar-refractivity contribution in [3.05, 3.63) is 0 Å². The zero-order chi connectivity index (χ0) is 8.32. The third kappa shape index (κ3) is 2.59. The number of nitrogens with one attached hydrogen (secondary N) is 1. The molecule has 1 unspecified atom stereocenters. The first kappa shape index (κ1) is 8.67. The molecule has 11 heavy (non-hydrogen) atoms. The molecule has 1 heterocycles. The summed E-state index contributed by atoms with van der Waals surface area (Å²) < 4.78 is 0. The van der Waals surface area contributed by atoms with Crippen LogP contribution in [0.4, 0.5) is 4.79 Å². The van der Waals surface area contributed by atoms with Crippen molar-refractivity contribution in [2.75, 3.05) is 18.1 Å². The molecule has 1 aliphatic rings. The van der Waals surface area contributed by atoms with Crippen molar-refractivity contribution >= 4 is 17.8 Å². The second-order valence-electron chi connectivity index (χ2n) is 2.74. The van der Waals surface area contributed by atoms with Crippen LogP contribution in [0.2, 0.25) is 0 Å². The van der Waals surface area contributed by atoms with Crippen LogP contribution >= 0.6 is 11.8 Å². The minimum Gasteiger partial charge on any atom is -0.387 e. The number of hydrogen-bond donors (Lipinski definition) is 3. The van der Waals surface area contributed by atoms with Crippen molar-refractivity contribution in [2.24, 2.45) is 5.73 Å². The van der Waals surface area contributed by atoms with E-state index < -0.39 is 11.6 Å². The molecule has 0 saturated carbocycles. The highest BCUT2D eigenvalue weighted by Crippen LogP contribution is 2.26. The molecule has 1 aliphatic heterocycles. The Kier molecular flexibility index (Phi) is 2.62. The molecule has 4 nitrogen and oxygen atoms in total. The van der Waals surface area contributed by atoms with E-state index in [-0.39, 0.29) is 6.54 Å². The quantitative estimate of drug-likeness (QED) is 0.532. The summed E-state index contributed by atoms with van der Waals surface area (Å²) in [6, 6.07) is -0.574. The largest absolute Gasteiger partial charge is 0.387 e. The van der Waals surface area contributed by atoms with Crippen molar-refractivity contribution in [3.63, 3.8) is 0 Å². The Morgan fingerprint density at radius 2 is 2.55 bits per heavy atom. The maximum atomic E-state index is 10.3. The third-order valence-electron chi connectivity index (χ3n) is 1.67. The van der Waals surface area contributed by atoms with Crippen LogP contribution in [-0.2, 0) is 0 Å². The molecule has 0 aromatic rings. The van der Waals surface area contributed by atoms with Crippen LogP contribution in [-0.4, -0.2) is 34.8 Å². The highest BCUT2D eigenvalue weighted by atomic mass is 32.2. The molecule has 4 N–H and O–H groups in total. The van der Waals surface area contributed by atoms with Gasteiger partial charge in [0.15, 0.2) is 0 Å². The first-order valence-electron chi connectivity index (χ1n) is 3.46. The Morgan fingerprint density at radius 1 is 1.82 bits per heavy atom. The van der Waals surface area contributed by atoms with E-state index in [4.69, 9.17) is 5.73 Å². The summed E-state index contributed by atoms with van der Waals surface area (Å²) in [5, 5.41) is 12.1. The number of primary amides is 1. The summed E-state index contributed by atoms with van der Waals surface area (Å²) >= 11 is 1.69. The van der Waals surface area contributed by atoms with Gasteiger partial charge in [-0.3, -0.25) is 0 Å². The van der Waals surface area contributed by atoms with Gasteiger partial charge in [0.2, 0.25) is 0 Å². The van der Waals surface area contributed by atoms with E-state index in [9.17, 15) is 9.90 Å². The lowest BCUT2D eigenvalue weighted by atomic mass is 10.0. The molecule has 0 spiro atoms. The van der Waals surface area contributed by atoms with Crippen molar-refractivity contribution in [3.8, 4) is 0 Å². The Balaban J connectivity index is 2.28. The monoisotopic (exact) mass is 176 g/mol. The molecule has 1 rings (SSSR count). The van der Waals surface area contributed by atoms with E-state index in [0.29, 0.717) is 5.75 Å². The molecular weight excluding hydrogens is 164 g/mol. The molecule has 1 atom stereocenters. The Morgan fingerprint density at radius 3 is 3.00 bits per heavy atom. The number of thioether (sulfide) groups is 1. The van der Waals surface area contributed by atoms with E-state index in [1.165, 1.54) is 0 Å². The molecule has 0 radical (unpaired) electrons. The molecule has 1 fully saturated rings. The van der Waals surface area contributed by atoms with Crippen LogP contribution in [0.25, 0.3) is 0 Å². The van der Waals surface area contributed by atoms with E-state index in [2.05, 4.69) is 5.32 Å². The molecule has 0 aromatic carbocycles. The zero-order valence-electron chi connectivity index (χ0n) is 6.17. The Bertz CT molecular complexity index is 157. The lowest BCUT2D eigenvalue weighted by molar-refractivity contribution is 0.0704. The number of amides is 2. The predicted octanol–water partition coefficient (Wildman–Crippen LogP) is -0.477. The summed E-state index contributed by atoms with van der Waals surface area (Å²) in [6.07, 6.45) is 0.734. The summed E-state index contributed by atoms with van der Waals surface area (Å²) in [5.74, 6) is 1.64. The smallest absolute Gasteiger partial charge is 0.312 e. The number of carbonyl (C=O) groups is 1. The highest BCUT2D eigenvalue weighted by molar-refractivity contribution is 7.99. The number of nitrogens with two attached hydrogens (primary N) is 1. The van der Waals surface area contributed by atoms with Crippen LogP contribution in [0, 0.1) is 0 Å². The SMILES string of the molecule is NC(=O)NCC1(O)CCSC1. The molecule has 5 heteroatoms. The van der Waals surface area contributed by atoms with Gasteiger partial charge in [-0.05, 0) is 12.2 Å². The minimum atomic E-state index is -0.723. The van der Waals surface area contributed by atoms with Gasteiger partial charge in [-0.1, -0.05) is 0 Å². The molecule has 1 saturated heterocycles. The number of hydrogen-bond acceptors (Lipinski definition) is 3. The molecule has 2 amide bonds. The van der Waals surface area contributed by atoms with Gasteiger partial charge in [0.05, 0.1) is 5.60 Å². The second-order valence-corrected chi connectivity index (χ2v) is 3.85. The normalized spacial score (nSPS) is 30.3. The van der Waals surface area contributed by atoms with Crippen LogP contribution in [0.3, 0.4) is 0 Å². The first-order valence-corrected chi connectivity index (χ1v) is 4.61. The third-order valence-corrected chi connectivity index (χ3v) is 2.91. The number of rotatable bonds is 2. The minimum absolute atomic E-state index is 0.273. The Hall–Kier alpha value is -0.420. The van der Waals surface area contributed by atoms with Gasteiger partial charge in [-0.2, -0.15) is 11.8 Å². The van der Waals surface area contributed by atoms with E-state index in [1.54, 1.807) is 11.8 Å². The van der Waals surface area contributed by atoms with Crippen LogP contribution in [0.1, 0.15) is 6.42 Å². The molecule has 0 aliphatic carbocycles. The fraction of sp³-hybridized carbons (Fsp3) is 0.833. The molecular formula is C6H12N2O2S. The summed E-state index contributed by atoms with van der Waals surface area (Å²) in [5.41, 5.74) is 4.14. The fourth-order valence-electron chi connectivity index (χ4n) is 0.988. The van der Waals surface area contributed by atoms with Gasteiger partial charge in [0, 0.05) is 12.3 Å².